The summed E-state index contributed by atoms with van der Waals surface area (Å²) in [5, 5.41) is 9.95. The first-order valence-electron chi connectivity index (χ1n) is 8.31. The number of carbonyl (C=O) groups excluding carboxylic acids is 1. The lowest BCUT2D eigenvalue weighted by atomic mass is 10.2. The second kappa shape index (κ2) is 7.32. The Labute approximate surface area is 146 Å². The predicted octanol–water partition coefficient (Wildman–Crippen LogP) is 2.68. The Morgan fingerprint density at radius 2 is 1.96 bits per heavy atom. The molecule has 128 valence electrons. The SMILES string of the molecule is CCc1ccc(CN2CCN(C(=O)c3ncc(C)cc3O)CC2)s1. The van der Waals surface area contributed by atoms with E-state index in [1.807, 2.05) is 18.3 Å². The van der Waals surface area contributed by atoms with Crippen molar-refractivity contribution in [2.75, 3.05) is 26.2 Å². The quantitative estimate of drug-likeness (QED) is 0.926. The molecule has 0 aromatic carbocycles. The lowest BCUT2D eigenvalue weighted by molar-refractivity contribution is 0.0620. The summed E-state index contributed by atoms with van der Waals surface area (Å²) >= 11 is 1.87. The maximum absolute atomic E-state index is 12.5. The van der Waals surface area contributed by atoms with E-state index in [1.165, 1.54) is 9.75 Å². The number of amides is 1. The molecule has 0 atom stereocenters. The van der Waals surface area contributed by atoms with Gasteiger partial charge in [-0.05, 0) is 37.1 Å². The van der Waals surface area contributed by atoms with Gasteiger partial charge in [-0.1, -0.05) is 6.92 Å². The first-order chi connectivity index (χ1) is 11.6. The fraction of sp³-hybridized carbons (Fsp3) is 0.444. The van der Waals surface area contributed by atoms with E-state index in [-0.39, 0.29) is 17.4 Å². The number of hydrogen-bond donors (Lipinski definition) is 1. The molecule has 0 aliphatic carbocycles. The molecule has 3 heterocycles. The van der Waals surface area contributed by atoms with Crippen LogP contribution in [0.2, 0.25) is 0 Å². The molecule has 1 saturated heterocycles. The second-order valence-corrected chi connectivity index (χ2v) is 7.42. The monoisotopic (exact) mass is 345 g/mol. The normalized spacial score (nSPS) is 15.7. The molecular formula is C18H23N3O2S. The summed E-state index contributed by atoms with van der Waals surface area (Å²) in [6.45, 7) is 7.98. The van der Waals surface area contributed by atoms with Crippen molar-refractivity contribution in [2.24, 2.45) is 0 Å². The molecule has 3 rings (SSSR count). The highest BCUT2D eigenvalue weighted by atomic mass is 32.1. The number of nitrogens with zero attached hydrogens (tertiary/aromatic N) is 3. The van der Waals surface area contributed by atoms with E-state index in [1.54, 1.807) is 17.2 Å². The summed E-state index contributed by atoms with van der Waals surface area (Å²) in [6.07, 6.45) is 2.70. The summed E-state index contributed by atoms with van der Waals surface area (Å²) < 4.78 is 0. The zero-order valence-electron chi connectivity index (χ0n) is 14.2. The Morgan fingerprint density at radius 1 is 1.25 bits per heavy atom. The molecule has 0 spiro atoms. The van der Waals surface area contributed by atoms with Crippen LogP contribution in [0.25, 0.3) is 0 Å². The number of aryl methyl sites for hydroxylation is 2. The van der Waals surface area contributed by atoms with E-state index in [0.29, 0.717) is 13.1 Å². The van der Waals surface area contributed by atoms with Gasteiger partial charge in [0.2, 0.25) is 0 Å². The largest absolute Gasteiger partial charge is 0.505 e. The van der Waals surface area contributed by atoms with E-state index >= 15 is 0 Å². The molecule has 1 aliphatic heterocycles. The van der Waals surface area contributed by atoms with E-state index in [2.05, 4.69) is 28.9 Å². The number of aromatic hydroxyl groups is 1. The fourth-order valence-electron chi connectivity index (χ4n) is 2.90. The van der Waals surface area contributed by atoms with Gasteiger partial charge in [-0.15, -0.1) is 11.3 Å². The predicted molar refractivity (Wildman–Crippen MR) is 95.5 cm³/mol. The topological polar surface area (TPSA) is 56.7 Å². The van der Waals surface area contributed by atoms with Crippen molar-refractivity contribution in [3.8, 4) is 5.75 Å². The lowest BCUT2D eigenvalue weighted by Gasteiger charge is -2.34. The van der Waals surface area contributed by atoms with Gasteiger partial charge in [0.15, 0.2) is 5.69 Å². The molecule has 24 heavy (non-hydrogen) atoms. The van der Waals surface area contributed by atoms with Crippen molar-refractivity contribution in [1.82, 2.24) is 14.8 Å². The van der Waals surface area contributed by atoms with Gasteiger partial charge in [0.25, 0.3) is 5.91 Å². The van der Waals surface area contributed by atoms with Crippen LogP contribution in [0.15, 0.2) is 24.4 Å². The smallest absolute Gasteiger partial charge is 0.276 e. The van der Waals surface area contributed by atoms with Crippen LogP contribution < -0.4 is 0 Å². The van der Waals surface area contributed by atoms with E-state index in [0.717, 1.165) is 31.6 Å². The van der Waals surface area contributed by atoms with Crippen LogP contribution in [0.4, 0.5) is 0 Å². The number of carbonyl (C=O) groups is 1. The van der Waals surface area contributed by atoms with Crippen LogP contribution in [0.1, 0.15) is 32.7 Å². The third kappa shape index (κ3) is 3.76. The molecule has 0 bridgehead atoms. The maximum Gasteiger partial charge on any atom is 0.276 e. The summed E-state index contributed by atoms with van der Waals surface area (Å²) in [5.74, 6) is -0.218. The van der Waals surface area contributed by atoms with Gasteiger partial charge in [0, 0.05) is 48.7 Å². The van der Waals surface area contributed by atoms with Crippen LogP contribution in [0, 0.1) is 6.92 Å². The Hall–Kier alpha value is -1.92. The fourth-order valence-corrected chi connectivity index (χ4v) is 3.90. The van der Waals surface area contributed by atoms with Crippen LogP contribution in [-0.2, 0) is 13.0 Å². The minimum absolute atomic E-state index is 0.0342. The van der Waals surface area contributed by atoms with Crippen LogP contribution in [-0.4, -0.2) is 52.0 Å². The average Bonchev–Trinajstić information content (AvgIpc) is 3.03. The van der Waals surface area contributed by atoms with Crippen molar-refractivity contribution in [3.63, 3.8) is 0 Å². The number of thiophene rings is 1. The number of piperazine rings is 1. The number of hydrogen-bond acceptors (Lipinski definition) is 5. The molecule has 6 heteroatoms. The van der Waals surface area contributed by atoms with Crippen LogP contribution in [0.3, 0.4) is 0 Å². The van der Waals surface area contributed by atoms with Gasteiger partial charge in [-0.25, -0.2) is 4.98 Å². The minimum atomic E-state index is -0.184. The van der Waals surface area contributed by atoms with Gasteiger partial charge in [-0.2, -0.15) is 0 Å². The molecule has 2 aromatic rings. The third-order valence-electron chi connectivity index (χ3n) is 4.31. The standard InChI is InChI=1S/C18H23N3O2S/c1-3-14-4-5-15(24-14)12-20-6-8-21(9-7-20)18(23)17-16(22)10-13(2)11-19-17/h4-5,10-11,22H,3,6-9,12H2,1-2H3. The third-order valence-corrected chi connectivity index (χ3v) is 5.53. The summed E-state index contributed by atoms with van der Waals surface area (Å²) in [6, 6.07) is 5.99. The molecule has 1 aliphatic rings. The highest BCUT2D eigenvalue weighted by Gasteiger charge is 2.25. The maximum atomic E-state index is 12.5. The summed E-state index contributed by atoms with van der Waals surface area (Å²) in [4.78, 5) is 23.6. The summed E-state index contributed by atoms with van der Waals surface area (Å²) in [5.41, 5.74) is 0.996. The van der Waals surface area contributed by atoms with Crippen LogP contribution >= 0.6 is 11.3 Å². The minimum Gasteiger partial charge on any atom is -0.505 e. The Morgan fingerprint density at radius 3 is 2.58 bits per heavy atom. The van der Waals surface area contributed by atoms with Crippen molar-refractivity contribution in [2.45, 2.75) is 26.8 Å². The van der Waals surface area contributed by atoms with E-state index in [4.69, 9.17) is 0 Å². The van der Waals surface area contributed by atoms with Gasteiger partial charge in [-0.3, -0.25) is 9.69 Å². The van der Waals surface area contributed by atoms with Gasteiger partial charge in [0.1, 0.15) is 5.75 Å². The molecular weight excluding hydrogens is 322 g/mol. The Balaban J connectivity index is 1.57. The Bertz CT molecular complexity index is 721. The molecule has 2 aromatic heterocycles. The van der Waals surface area contributed by atoms with Crippen LogP contribution in [0.5, 0.6) is 5.75 Å². The molecule has 0 radical (unpaired) electrons. The number of pyridine rings is 1. The lowest BCUT2D eigenvalue weighted by Crippen LogP contribution is -2.48. The van der Waals surface area contributed by atoms with Gasteiger partial charge >= 0.3 is 0 Å². The van der Waals surface area contributed by atoms with Gasteiger partial charge in [0.05, 0.1) is 0 Å². The highest BCUT2D eigenvalue weighted by Crippen LogP contribution is 2.21. The van der Waals surface area contributed by atoms with Crippen molar-refractivity contribution < 1.29 is 9.90 Å². The zero-order valence-corrected chi connectivity index (χ0v) is 15.0. The average molecular weight is 345 g/mol. The molecule has 0 unspecified atom stereocenters. The number of rotatable bonds is 4. The molecule has 5 nitrogen and oxygen atoms in total. The zero-order chi connectivity index (χ0) is 17.1. The molecule has 1 N–H and O–H groups in total. The first-order valence-corrected chi connectivity index (χ1v) is 9.13. The molecule has 1 amide bonds. The highest BCUT2D eigenvalue weighted by molar-refractivity contribution is 7.11. The number of aromatic nitrogens is 1. The van der Waals surface area contributed by atoms with Crippen molar-refractivity contribution in [1.29, 1.82) is 0 Å². The van der Waals surface area contributed by atoms with E-state index < -0.39 is 0 Å². The summed E-state index contributed by atoms with van der Waals surface area (Å²) in [7, 11) is 0. The first kappa shape index (κ1) is 16.9. The van der Waals surface area contributed by atoms with Crippen molar-refractivity contribution in [3.05, 3.63) is 45.4 Å². The van der Waals surface area contributed by atoms with E-state index in [9.17, 15) is 9.90 Å². The molecule has 1 fully saturated rings. The second-order valence-electron chi connectivity index (χ2n) is 6.17. The van der Waals surface area contributed by atoms with Crippen molar-refractivity contribution >= 4 is 17.2 Å². The van der Waals surface area contributed by atoms with Gasteiger partial charge < -0.3 is 10.0 Å². The molecule has 0 saturated carbocycles. The Kier molecular flexibility index (Phi) is 5.16.